The number of carboxylic acids is 1. The Labute approximate surface area is 361 Å². The minimum absolute atomic E-state index is 0.0366. The number of nitrogens with zero attached hydrogens (tertiary/aromatic N) is 2. The molecule has 7 aromatic rings. The van der Waals surface area contributed by atoms with Gasteiger partial charge in [-0.05, 0) is 39.9 Å². The van der Waals surface area contributed by atoms with Gasteiger partial charge in [-0.1, -0.05) is 163 Å². The predicted molar refractivity (Wildman–Crippen MR) is 233 cm³/mol. The van der Waals surface area contributed by atoms with Crippen LogP contribution in [0.15, 0.2) is 180 Å². The SMILES string of the molecule is CC(=O)Oc1ccc([C@@H](O/N=C(/C(=O)O)c2csc(NC(c3ccccc3)(c3ccccc3)c3ccccc3)n2)C(=O)OC(c2ccccc2)c2ccccc2)cc1OC(C)=O. The molecule has 310 valence electrons. The van der Waals surface area contributed by atoms with Gasteiger partial charge in [-0.25, -0.2) is 14.6 Å². The van der Waals surface area contributed by atoms with Crippen molar-refractivity contribution in [2.75, 3.05) is 5.32 Å². The minimum Gasteiger partial charge on any atom is -0.476 e. The molecule has 6 aromatic carbocycles. The Morgan fingerprint density at radius 3 is 1.56 bits per heavy atom. The quantitative estimate of drug-likeness (QED) is 0.0313. The standard InChI is InChI=1S/C49H39N3O9S/c1-32(53)58-41-29-28-36(30-42(41)59-33(2)54)45(47(57)60-44(34-18-8-3-9-19-34)35-20-10-4-11-21-35)61-52-43(46(55)56)40-31-62-48(50-40)51-49(37-22-12-5-13-23-37,38-24-14-6-15-25-38)39-26-16-7-17-27-39/h3-31,44-45H,1-2H3,(H,50,51)(H,55,56)/b52-43+/t45-/m1/s1. The first kappa shape index (κ1) is 42.2. The Morgan fingerprint density at radius 1 is 0.629 bits per heavy atom. The lowest BCUT2D eigenvalue weighted by atomic mass is 9.77. The highest BCUT2D eigenvalue weighted by atomic mass is 32.1. The highest BCUT2D eigenvalue weighted by Crippen LogP contribution is 2.41. The van der Waals surface area contributed by atoms with E-state index in [2.05, 4.69) is 10.5 Å². The van der Waals surface area contributed by atoms with Crippen molar-refractivity contribution in [1.82, 2.24) is 4.98 Å². The highest BCUT2D eigenvalue weighted by molar-refractivity contribution is 7.14. The third kappa shape index (κ3) is 9.75. The number of hydrogen-bond acceptors (Lipinski definition) is 12. The summed E-state index contributed by atoms with van der Waals surface area (Å²) in [6.45, 7) is 2.33. The third-order valence-corrected chi connectivity index (χ3v) is 10.3. The van der Waals surface area contributed by atoms with Crippen LogP contribution in [0.25, 0.3) is 0 Å². The molecule has 0 spiro atoms. The molecule has 0 saturated carbocycles. The zero-order valence-corrected chi connectivity index (χ0v) is 34.2. The van der Waals surface area contributed by atoms with Crippen molar-refractivity contribution in [3.8, 4) is 11.5 Å². The van der Waals surface area contributed by atoms with Crippen LogP contribution in [0.5, 0.6) is 11.5 Å². The number of aliphatic carboxylic acids is 1. The summed E-state index contributed by atoms with van der Waals surface area (Å²) in [5, 5.41) is 20.1. The van der Waals surface area contributed by atoms with Gasteiger partial charge in [0.2, 0.25) is 11.8 Å². The Hall–Kier alpha value is -7.90. The summed E-state index contributed by atoms with van der Waals surface area (Å²) in [4.78, 5) is 61.9. The van der Waals surface area contributed by atoms with Crippen molar-refractivity contribution in [2.45, 2.75) is 31.6 Å². The van der Waals surface area contributed by atoms with Gasteiger partial charge in [0.15, 0.2) is 22.7 Å². The van der Waals surface area contributed by atoms with Crippen LogP contribution in [0.4, 0.5) is 5.13 Å². The molecule has 0 aliphatic rings. The number of thiazole rings is 1. The summed E-state index contributed by atoms with van der Waals surface area (Å²) in [5.41, 5.74) is 2.41. The van der Waals surface area contributed by atoms with Crippen molar-refractivity contribution >= 4 is 46.1 Å². The average Bonchev–Trinajstić information content (AvgIpc) is 3.75. The largest absolute Gasteiger partial charge is 0.476 e. The van der Waals surface area contributed by atoms with E-state index in [9.17, 15) is 24.3 Å². The molecule has 0 radical (unpaired) electrons. The zero-order chi connectivity index (χ0) is 43.5. The smallest absolute Gasteiger partial charge is 0.360 e. The van der Waals surface area contributed by atoms with Crippen LogP contribution in [0.2, 0.25) is 0 Å². The topological polar surface area (TPSA) is 163 Å². The number of carboxylic acid groups (broad SMARTS) is 1. The number of esters is 3. The van der Waals surface area contributed by atoms with Gasteiger partial charge in [0.05, 0.1) is 0 Å². The predicted octanol–water partition coefficient (Wildman–Crippen LogP) is 9.28. The average molecular weight is 846 g/mol. The molecule has 62 heavy (non-hydrogen) atoms. The molecule has 0 unspecified atom stereocenters. The maximum absolute atomic E-state index is 14.4. The zero-order valence-electron chi connectivity index (χ0n) is 33.4. The van der Waals surface area contributed by atoms with Gasteiger partial charge in [0.25, 0.3) is 0 Å². The van der Waals surface area contributed by atoms with Crippen LogP contribution in [0.1, 0.15) is 65.1 Å². The second-order valence-electron chi connectivity index (χ2n) is 13.8. The minimum atomic E-state index is -1.74. The first-order chi connectivity index (χ1) is 30.1. The molecule has 1 heterocycles. The van der Waals surface area contributed by atoms with Gasteiger partial charge in [-0.2, -0.15) is 0 Å². The number of benzene rings is 6. The molecule has 13 heteroatoms. The van der Waals surface area contributed by atoms with Crippen LogP contribution in [0, 0.1) is 0 Å². The molecule has 2 N–H and O–H groups in total. The number of rotatable bonds is 16. The third-order valence-electron chi connectivity index (χ3n) is 9.54. The van der Waals surface area contributed by atoms with Crippen LogP contribution >= 0.6 is 11.3 Å². The number of carbonyl (C=O) groups excluding carboxylic acids is 3. The van der Waals surface area contributed by atoms with Crippen LogP contribution in [-0.2, 0) is 34.3 Å². The molecule has 7 rings (SSSR count). The lowest BCUT2D eigenvalue weighted by Crippen LogP contribution is -2.38. The van der Waals surface area contributed by atoms with Crippen molar-refractivity contribution in [2.24, 2.45) is 5.16 Å². The number of carbonyl (C=O) groups is 4. The molecule has 0 fully saturated rings. The molecular formula is C49H39N3O9S. The van der Waals surface area contributed by atoms with E-state index in [1.807, 2.05) is 103 Å². The Kier molecular flexibility index (Phi) is 13.2. The molecule has 0 bridgehead atoms. The fraction of sp³-hybridized carbons (Fsp3) is 0.102. The van der Waals surface area contributed by atoms with Gasteiger partial charge in [0, 0.05) is 24.8 Å². The number of anilines is 1. The first-order valence-electron chi connectivity index (χ1n) is 19.3. The lowest BCUT2D eigenvalue weighted by molar-refractivity contribution is -0.162. The van der Waals surface area contributed by atoms with Gasteiger partial charge >= 0.3 is 23.9 Å². The van der Waals surface area contributed by atoms with Crippen molar-refractivity contribution < 1.29 is 43.3 Å². The van der Waals surface area contributed by atoms with Crippen molar-refractivity contribution in [1.29, 1.82) is 0 Å². The van der Waals surface area contributed by atoms with E-state index >= 15 is 0 Å². The van der Waals surface area contributed by atoms with Gasteiger partial charge in [0.1, 0.15) is 11.2 Å². The van der Waals surface area contributed by atoms with E-state index in [1.165, 1.54) is 30.5 Å². The van der Waals surface area contributed by atoms with Gasteiger partial charge in [-0.15, -0.1) is 11.3 Å². The monoisotopic (exact) mass is 845 g/mol. The Bertz CT molecular complexity index is 2540. The molecule has 1 aromatic heterocycles. The molecule has 0 amide bonds. The summed E-state index contributed by atoms with van der Waals surface area (Å²) in [7, 11) is 0. The van der Waals surface area contributed by atoms with E-state index in [-0.39, 0.29) is 22.8 Å². The van der Waals surface area contributed by atoms with Crippen LogP contribution in [0.3, 0.4) is 0 Å². The number of oxime groups is 1. The number of hydrogen-bond donors (Lipinski definition) is 2. The Balaban J connectivity index is 1.28. The van der Waals surface area contributed by atoms with Crippen molar-refractivity contribution in [3.05, 3.63) is 214 Å². The molecule has 0 saturated heterocycles. The summed E-state index contributed by atoms with van der Waals surface area (Å²) < 4.78 is 16.7. The van der Waals surface area contributed by atoms with E-state index in [0.717, 1.165) is 35.0 Å². The molecule has 1 atom stereocenters. The van der Waals surface area contributed by atoms with Crippen molar-refractivity contribution in [3.63, 3.8) is 0 Å². The first-order valence-corrected chi connectivity index (χ1v) is 20.2. The molecule has 12 nitrogen and oxygen atoms in total. The highest BCUT2D eigenvalue weighted by Gasteiger charge is 2.38. The second kappa shape index (κ2) is 19.4. The normalized spacial score (nSPS) is 11.9. The fourth-order valence-corrected chi connectivity index (χ4v) is 7.60. The number of nitrogens with one attached hydrogen (secondary N) is 1. The summed E-state index contributed by atoms with van der Waals surface area (Å²) in [6, 6.07) is 51.5. The maximum atomic E-state index is 14.4. The molecule has 0 aliphatic heterocycles. The summed E-state index contributed by atoms with van der Waals surface area (Å²) in [5.74, 6) is -4.20. The summed E-state index contributed by atoms with van der Waals surface area (Å²) >= 11 is 1.16. The summed E-state index contributed by atoms with van der Waals surface area (Å²) in [6.07, 6.45) is -2.66. The second-order valence-corrected chi connectivity index (χ2v) is 14.6. The van der Waals surface area contributed by atoms with Gasteiger partial charge < -0.3 is 29.5 Å². The van der Waals surface area contributed by atoms with E-state index in [4.69, 9.17) is 24.0 Å². The van der Waals surface area contributed by atoms with Crippen LogP contribution < -0.4 is 14.8 Å². The van der Waals surface area contributed by atoms with Crippen LogP contribution in [-0.4, -0.2) is 39.7 Å². The molecular weight excluding hydrogens is 807 g/mol. The molecule has 0 aliphatic carbocycles. The van der Waals surface area contributed by atoms with E-state index < -0.39 is 47.3 Å². The van der Waals surface area contributed by atoms with Gasteiger partial charge in [-0.3, -0.25) is 9.59 Å². The number of aromatic nitrogens is 1. The lowest BCUT2D eigenvalue weighted by Gasteiger charge is -2.36. The van der Waals surface area contributed by atoms with E-state index in [0.29, 0.717) is 16.3 Å². The number of ether oxygens (including phenoxy) is 3. The van der Waals surface area contributed by atoms with E-state index in [1.54, 1.807) is 48.5 Å². The Morgan fingerprint density at radius 2 is 1.10 bits per heavy atom. The fourth-order valence-electron chi connectivity index (χ4n) is 6.85. The maximum Gasteiger partial charge on any atom is 0.360 e.